The fourth-order valence-corrected chi connectivity index (χ4v) is 8.61. The van der Waals surface area contributed by atoms with E-state index in [0.29, 0.717) is 0 Å². The zero-order valence-corrected chi connectivity index (χ0v) is 32.9. The summed E-state index contributed by atoms with van der Waals surface area (Å²) in [5.41, 5.74) is 17.0. The molecule has 0 unspecified atom stereocenters. The first-order valence-corrected chi connectivity index (χ1v) is 20.5. The highest BCUT2D eigenvalue weighted by Gasteiger charge is 2.17. The second kappa shape index (κ2) is 15.1. The van der Waals surface area contributed by atoms with E-state index in [2.05, 4.69) is 241 Å². The summed E-state index contributed by atoms with van der Waals surface area (Å²) >= 11 is 0. The molecule has 0 saturated carbocycles. The van der Waals surface area contributed by atoms with Gasteiger partial charge in [-0.05, 0) is 110 Å². The topological polar surface area (TPSA) is 16.4 Å². The van der Waals surface area contributed by atoms with Gasteiger partial charge in [0.1, 0.15) is 11.2 Å². The standard InChI is InChI=1S/C58H39NO/c1-3-10-40(11-4-1)42-18-22-44(23-19-42)46-26-33-50(34-27-46)59(51-35-28-47(29-36-51)45-24-20-43(21-25-45)41-12-5-2-6-13-41)52-37-30-49(31-38-52)53-16-9-17-56-57(53)55-39-32-48-14-7-8-15-54(48)58(55)60-56/h1-39H. The fraction of sp³-hybridized carbons (Fsp3) is 0. The van der Waals surface area contributed by atoms with E-state index < -0.39 is 0 Å². The van der Waals surface area contributed by atoms with Crippen molar-refractivity contribution in [1.29, 1.82) is 0 Å². The quantitative estimate of drug-likeness (QED) is 0.153. The first-order chi connectivity index (χ1) is 29.7. The van der Waals surface area contributed by atoms with Crippen molar-refractivity contribution in [3.8, 4) is 55.6 Å². The number of fused-ring (bicyclic) bond motifs is 5. The molecule has 0 aliphatic heterocycles. The second-order valence-electron chi connectivity index (χ2n) is 15.3. The van der Waals surface area contributed by atoms with E-state index in [0.717, 1.165) is 55.5 Å². The lowest BCUT2D eigenvalue weighted by atomic mass is 9.97. The van der Waals surface area contributed by atoms with Gasteiger partial charge in [0.2, 0.25) is 0 Å². The van der Waals surface area contributed by atoms with Gasteiger partial charge in [-0.3, -0.25) is 0 Å². The monoisotopic (exact) mass is 765 g/mol. The largest absolute Gasteiger partial charge is 0.455 e. The highest BCUT2D eigenvalue weighted by Crippen LogP contribution is 2.42. The van der Waals surface area contributed by atoms with Crippen molar-refractivity contribution in [2.45, 2.75) is 0 Å². The number of hydrogen-bond donors (Lipinski definition) is 0. The van der Waals surface area contributed by atoms with Gasteiger partial charge in [-0.1, -0.05) is 188 Å². The van der Waals surface area contributed by atoms with E-state index in [4.69, 9.17) is 4.42 Å². The molecule has 0 aliphatic rings. The van der Waals surface area contributed by atoms with E-state index in [9.17, 15) is 0 Å². The number of anilines is 3. The van der Waals surface area contributed by atoms with E-state index in [-0.39, 0.29) is 0 Å². The summed E-state index contributed by atoms with van der Waals surface area (Å²) in [4.78, 5) is 2.34. The second-order valence-corrected chi connectivity index (χ2v) is 15.3. The average Bonchev–Trinajstić information content (AvgIpc) is 3.73. The maximum Gasteiger partial charge on any atom is 0.143 e. The van der Waals surface area contributed by atoms with Crippen LogP contribution in [0.3, 0.4) is 0 Å². The van der Waals surface area contributed by atoms with Gasteiger partial charge in [-0.25, -0.2) is 0 Å². The maximum absolute atomic E-state index is 6.53. The van der Waals surface area contributed by atoms with Crippen LogP contribution in [-0.4, -0.2) is 0 Å². The predicted octanol–water partition coefficient (Wildman–Crippen LogP) is 16.5. The molecule has 11 aromatic rings. The van der Waals surface area contributed by atoms with Crippen molar-refractivity contribution in [3.05, 3.63) is 237 Å². The molecule has 1 aromatic heterocycles. The summed E-state index contributed by atoms with van der Waals surface area (Å²) in [7, 11) is 0. The Morgan fingerprint density at radius 3 is 1.15 bits per heavy atom. The van der Waals surface area contributed by atoms with Crippen LogP contribution in [0.4, 0.5) is 17.1 Å². The molecule has 11 rings (SSSR count). The van der Waals surface area contributed by atoms with E-state index in [1.54, 1.807) is 0 Å². The Bertz CT molecular complexity index is 3110. The smallest absolute Gasteiger partial charge is 0.143 e. The first-order valence-electron chi connectivity index (χ1n) is 20.5. The molecule has 1 heterocycles. The zero-order chi connectivity index (χ0) is 39.8. The summed E-state index contributed by atoms with van der Waals surface area (Å²) in [5, 5.41) is 4.59. The van der Waals surface area contributed by atoms with Crippen LogP contribution < -0.4 is 4.90 Å². The number of rotatable bonds is 8. The van der Waals surface area contributed by atoms with Gasteiger partial charge < -0.3 is 9.32 Å². The summed E-state index contributed by atoms with van der Waals surface area (Å²) < 4.78 is 6.53. The van der Waals surface area contributed by atoms with Crippen molar-refractivity contribution < 1.29 is 4.42 Å². The molecule has 282 valence electrons. The minimum Gasteiger partial charge on any atom is -0.455 e. The third kappa shape index (κ3) is 6.51. The highest BCUT2D eigenvalue weighted by atomic mass is 16.3. The Labute approximate surface area is 349 Å². The Morgan fingerprint density at radius 2 is 0.667 bits per heavy atom. The summed E-state index contributed by atoms with van der Waals surface area (Å²) in [6, 6.07) is 84.7. The molecular formula is C58H39NO. The van der Waals surface area contributed by atoms with Gasteiger partial charge >= 0.3 is 0 Å². The van der Waals surface area contributed by atoms with Crippen LogP contribution in [0.1, 0.15) is 0 Å². The molecule has 0 fully saturated rings. The van der Waals surface area contributed by atoms with Gasteiger partial charge in [0, 0.05) is 33.2 Å². The molecule has 0 radical (unpaired) electrons. The lowest BCUT2D eigenvalue weighted by Gasteiger charge is -2.26. The molecule has 0 atom stereocenters. The van der Waals surface area contributed by atoms with Gasteiger partial charge in [-0.2, -0.15) is 0 Å². The van der Waals surface area contributed by atoms with E-state index in [1.165, 1.54) is 49.9 Å². The molecule has 2 heteroatoms. The first kappa shape index (κ1) is 35.2. The fourth-order valence-electron chi connectivity index (χ4n) is 8.61. The molecule has 0 saturated heterocycles. The van der Waals surface area contributed by atoms with Crippen LogP contribution in [0.25, 0.3) is 88.3 Å². The van der Waals surface area contributed by atoms with Gasteiger partial charge in [0.25, 0.3) is 0 Å². The van der Waals surface area contributed by atoms with Crippen molar-refractivity contribution >= 4 is 49.8 Å². The Morgan fingerprint density at radius 1 is 0.267 bits per heavy atom. The normalized spacial score (nSPS) is 11.3. The van der Waals surface area contributed by atoms with E-state index >= 15 is 0 Å². The van der Waals surface area contributed by atoms with Crippen LogP contribution in [0.15, 0.2) is 241 Å². The van der Waals surface area contributed by atoms with Crippen molar-refractivity contribution in [2.75, 3.05) is 4.90 Å². The van der Waals surface area contributed by atoms with Crippen molar-refractivity contribution in [3.63, 3.8) is 0 Å². The zero-order valence-electron chi connectivity index (χ0n) is 32.9. The Balaban J connectivity index is 0.950. The average molecular weight is 766 g/mol. The van der Waals surface area contributed by atoms with Crippen LogP contribution >= 0.6 is 0 Å². The summed E-state index contributed by atoms with van der Waals surface area (Å²) in [6.45, 7) is 0. The lowest BCUT2D eigenvalue weighted by molar-refractivity contribution is 0.673. The van der Waals surface area contributed by atoms with Gasteiger partial charge in [-0.15, -0.1) is 0 Å². The minimum absolute atomic E-state index is 0.897. The highest BCUT2D eigenvalue weighted by molar-refractivity contribution is 6.19. The van der Waals surface area contributed by atoms with Gasteiger partial charge in [0.15, 0.2) is 0 Å². The lowest BCUT2D eigenvalue weighted by Crippen LogP contribution is -2.09. The molecule has 60 heavy (non-hydrogen) atoms. The SMILES string of the molecule is c1ccc(-c2ccc(-c3ccc(N(c4ccc(-c5ccc(-c6ccccc6)cc5)cc4)c4ccc(-c5cccc6oc7c8ccccc8ccc7c56)cc4)cc3)cc2)cc1. The molecule has 2 nitrogen and oxygen atoms in total. The predicted molar refractivity (Wildman–Crippen MR) is 253 cm³/mol. The minimum atomic E-state index is 0.897. The molecule has 10 aromatic carbocycles. The third-order valence-electron chi connectivity index (χ3n) is 11.7. The molecular weight excluding hydrogens is 727 g/mol. The van der Waals surface area contributed by atoms with Crippen molar-refractivity contribution in [1.82, 2.24) is 0 Å². The van der Waals surface area contributed by atoms with Crippen LogP contribution in [0, 0.1) is 0 Å². The Hall–Kier alpha value is -7.94. The van der Waals surface area contributed by atoms with E-state index in [1.807, 2.05) is 0 Å². The molecule has 0 aliphatic carbocycles. The molecule has 0 bridgehead atoms. The molecule has 0 spiro atoms. The summed E-state index contributed by atoms with van der Waals surface area (Å²) in [6.07, 6.45) is 0. The molecule has 0 N–H and O–H groups in total. The van der Waals surface area contributed by atoms with Crippen molar-refractivity contribution in [2.24, 2.45) is 0 Å². The third-order valence-corrected chi connectivity index (χ3v) is 11.7. The number of furan rings is 1. The number of hydrogen-bond acceptors (Lipinski definition) is 2. The summed E-state index contributed by atoms with van der Waals surface area (Å²) in [5.74, 6) is 0. The van der Waals surface area contributed by atoms with Crippen LogP contribution in [-0.2, 0) is 0 Å². The van der Waals surface area contributed by atoms with Gasteiger partial charge in [0.05, 0.1) is 0 Å². The Kier molecular flexibility index (Phi) is 8.87. The number of benzene rings is 10. The molecule has 0 amide bonds. The van der Waals surface area contributed by atoms with Crippen LogP contribution in [0.2, 0.25) is 0 Å². The van der Waals surface area contributed by atoms with Crippen LogP contribution in [0.5, 0.6) is 0 Å². The maximum atomic E-state index is 6.53. The number of nitrogens with zero attached hydrogens (tertiary/aromatic N) is 1.